The molecule has 18 heavy (non-hydrogen) atoms. The number of halogens is 4. The third kappa shape index (κ3) is 4.68. The van der Waals surface area contributed by atoms with Crippen LogP contribution in [0.5, 0.6) is 5.75 Å². The van der Waals surface area contributed by atoms with E-state index >= 15 is 0 Å². The Morgan fingerprint density at radius 2 is 1.89 bits per heavy atom. The minimum Gasteiger partial charge on any atom is -0.484 e. The van der Waals surface area contributed by atoms with Crippen LogP contribution in [-0.4, -0.2) is 23.4 Å². The van der Waals surface area contributed by atoms with Gasteiger partial charge in [-0.05, 0) is 30.7 Å². The summed E-state index contributed by atoms with van der Waals surface area (Å²) in [4.78, 5) is 11.5. The first kappa shape index (κ1) is 15.0. The Bertz CT molecular complexity index is 401. The van der Waals surface area contributed by atoms with Gasteiger partial charge in [0, 0.05) is 5.56 Å². The minimum atomic E-state index is -4.36. The molecule has 0 aliphatic heterocycles. The number of Topliss-reactive ketones (excluding diaryl/α,β-unsaturated/α-hetero) is 1. The van der Waals surface area contributed by atoms with Crippen LogP contribution in [0, 0.1) is 0 Å². The molecule has 100 valence electrons. The second kappa shape index (κ2) is 6.22. The van der Waals surface area contributed by atoms with E-state index < -0.39 is 12.8 Å². The SMILES string of the molecule is CCC(Br)C(=O)c1ccc(OCC(F)(F)F)cc1. The first-order valence-corrected chi connectivity index (χ1v) is 6.23. The lowest BCUT2D eigenvalue weighted by Crippen LogP contribution is -2.19. The fourth-order valence-electron chi connectivity index (χ4n) is 1.25. The first-order chi connectivity index (χ1) is 8.33. The maximum atomic E-state index is 11.9. The summed E-state index contributed by atoms with van der Waals surface area (Å²) in [6.45, 7) is 0.522. The van der Waals surface area contributed by atoms with E-state index in [0.29, 0.717) is 12.0 Å². The van der Waals surface area contributed by atoms with Crippen LogP contribution in [0.25, 0.3) is 0 Å². The van der Waals surface area contributed by atoms with Gasteiger partial charge in [-0.25, -0.2) is 0 Å². The molecule has 0 heterocycles. The highest BCUT2D eigenvalue weighted by Crippen LogP contribution is 2.20. The molecule has 0 amide bonds. The summed E-state index contributed by atoms with van der Waals surface area (Å²) in [6.07, 6.45) is -3.72. The second-order valence-corrected chi connectivity index (χ2v) is 4.77. The van der Waals surface area contributed by atoms with Crippen molar-refractivity contribution < 1.29 is 22.7 Å². The molecule has 1 aromatic rings. The summed E-state index contributed by atoms with van der Waals surface area (Å²) in [6, 6.07) is 5.62. The fourth-order valence-corrected chi connectivity index (χ4v) is 1.51. The monoisotopic (exact) mass is 324 g/mol. The van der Waals surface area contributed by atoms with E-state index in [2.05, 4.69) is 20.7 Å². The second-order valence-electron chi connectivity index (χ2n) is 3.67. The zero-order chi connectivity index (χ0) is 13.8. The lowest BCUT2D eigenvalue weighted by molar-refractivity contribution is -0.153. The van der Waals surface area contributed by atoms with Crippen LogP contribution < -0.4 is 4.74 Å². The van der Waals surface area contributed by atoms with Crippen molar-refractivity contribution in [3.63, 3.8) is 0 Å². The van der Waals surface area contributed by atoms with Gasteiger partial charge >= 0.3 is 6.18 Å². The van der Waals surface area contributed by atoms with Gasteiger partial charge in [0.25, 0.3) is 0 Å². The average Bonchev–Trinajstić information content (AvgIpc) is 2.34. The Hall–Kier alpha value is -1.04. The highest BCUT2D eigenvalue weighted by atomic mass is 79.9. The van der Waals surface area contributed by atoms with E-state index in [1.807, 2.05) is 6.92 Å². The smallest absolute Gasteiger partial charge is 0.422 e. The Balaban J connectivity index is 2.66. The normalized spacial score (nSPS) is 13.2. The highest BCUT2D eigenvalue weighted by Gasteiger charge is 2.28. The molecule has 1 unspecified atom stereocenters. The van der Waals surface area contributed by atoms with E-state index in [1.54, 1.807) is 0 Å². The molecule has 1 aromatic carbocycles. The van der Waals surface area contributed by atoms with Gasteiger partial charge in [0.05, 0.1) is 4.83 Å². The van der Waals surface area contributed by atoms with Gasteiger partial charge < -0.3 is 4.74 Å². The zero-order valence-electron chi connectivity index (χ0n) is 9.63. The van der Waals surface area contributed by atoms with E-state index in [1.165, 1.54) is 24.3 Å². The average molecular weight is 325 g/mol. The van der Waals surface area contributed by atoms with Crippen LogP contribution in [0.2, 0.25) is 0 Å². The van der Waals surface area contributed by atoms with Crippen LogP contribution in [0.15, 0.2) is 24.3 Å². The van der Waals surface area contributed by atoms with Gasteiger partial charge in [0.2, 0.25) is 0 Å². The lowest BCUT2D eigenvalue weighted by Gasteiger charge is -2.10. The third-order valence-corrected chi connectivity index (χ3v) is 3.25. The van der Waals surface area contributed by atoms with Crippen LogP contribution >= 0.6 is 15.9 Å². The summed E-state index contributed by atoms with van der Waals surface area (Å²) in [7, 11) is 0. The molecule has 0 aromatic heterocycles. The molecule has 1 atom stereocenters. The number of ketones is 1. The van der Waals surface area contributed by atoms with Crippen molar-refractivity contribution in [2.45, 2.75) is 24.3 Å². The Morgan fingerprint density at radius 3 is 2.33 bits per heavy atom. The molecule has 0 aliphatic carbocycles. The minimum absolute atomic E-state index is 0.0893. The van der Waals surface area contributed by atoms with Crippen molar-refractivity contribution in [1.29, 1.82) is 0 Å². The van der Waals surface area contributed by atoms with Crippen molar-refractivity contribution in [2.75, 3.05) is 6.61 Å². The van der Waals surface area contributed by atoms with Crippen molar-refractivity contribution in [1.82, 2.24) is 0 Å². The third-order valence-electron chi connectivity index (χ3n) is 2.18. The molecular formula is C12H12BrF3O2. The molecule has 0 aliphatic rings. The molecule has 0 saturated carbocycles. The molecule has 6 heteroatoms. The molecule has 2 nitrogen and oxygen atoms in total. The number of hydrogen-bond acceptors (Lipinski definition) is 2. The molecular weight excluding hydrogens is 313 g/mol. The van der Waals surface area contributed by atoms with Gasteiger partial charge in [-0.2, -0.15) is 13.2 Å². The quantitative estimate of drug-likeness (QED) is 0.604. The molecule has 0 bridgehead atoms. The Kier molecular flexibility index (Phi) is 5.19. The van der Waals surface area contributed by atoms with Gasteiger partial charge in [0.15, 0.2) is 12.4 Å². The Morgan fingerprint density at radius 1 is 1.33 bits per heavy atom. The van der Waals surface area contributed by atoms with Crippen LogP contribution in [0.3, 0.4) is 0 Å². The first-order valence-electron chi connectivity index (χ1n) is 5.31. The standard InChI is InChI=1S/C12H12BrF3O2/c1-2-10(13)11(17)8-3-5-9(6-4-8)18-7-12(14,15)16/h3-6,10H,2,7H2,1H3. The van der Waals surface area contributed by atoms with Crippen LogP contribution in [-0.2, 0) is 0 Å². The molecule has 0 N–H and O–H groups in total. The van der Waals surface area contributed by atoms with Crippen molar-refractivity contribution in [3.05, 3.63) is 29.8 Å². The van der Waals surface area contributed by atoms with Gasteiger partial charge in [-0.1, -0.05) is 22.9 Å². The number of carbonyl (C=O) groups excluding carboxylic acids is 1. The van der Waals surface area contributed by atoms with Gasteiger partial charge in [0.1, 0.15) is 5.75 Å². The van der Waals surface area contributed by atoms with E-state index in [-0.39, 0.29) is 16.4 Å². The van der Waals surface area contributed by atoms with E-state index in [0.717, 1.165) is 0 Å². The molecule has 0 fully saturated rings. The van der Waals surface area contributed by atoms with E-state index in [9.17, 15) is 18.0 Å². The Labute approximate surface area is 111 Å². The van der Waals surface area contributed by atoms with Crippen molar-refractivity contribution in [3.8, 4) is 5.75 Å². The predicted molar refractivity (Wildman–Crippen MR) is 65.3 cm³/mol. The van der Waals surface area contributed by atoms with Crippen LogP contribution in [0.1, 0.15) is 23.7 Å². The number of ether oxygens (including phenoxy) is 1. The number of carbonyl (C=O) groups is 1. The summed E-state index contributed by atoms with van der Waals surface area (Å²) in [5, 5.41) is 0. The molecule has 0 radical (unpaired) electrons. The largest absolute Gasteiger partial charge is 0.484 e. The summed E-state index contributed by atoms with van der Waals surface area (Å²) in [5.41, 5.74) is 0.443. The van der Waals surface area contributed by atoms with Crippen LogP contribution in [0.4, 0.5) is 13.2 Å². The molecule has 0 saturated heterocycles. The molecule has 1 rings (SSSR count). The maximum absolute atomic E-state index is 11.9. The number of benzene rings is 1. The summed E-state index contributed by atoms with van der Waals surface area (Å²) < 4.78 is 40.3. The maximum Gasteiger partial charge on any atom is 0.422 e. The van der Waals surface area contributed by atoms with Gasteiger partial charge in [-0.3, -0.25) is 4.79 Å². The van der Waals surface area contributed by atoms with Crippen molar-refractivity contribution in [2.24, 2.45) is 0 Å². The summed E-state index contributed by atoms with van der Waals surface area (Å²) >= 11 is 3.22. The highest BCUT2D eigenvalue weighted by molar-refractivity contribution is 9.10. The zero-order valence-corrected chi connectivity index (χ0v) is 11.2. The topological polar surface area (TPSA) is 26.3 Å². The van der Waals surface area contributed by atoms with E-state index in [4.69, 9.17) is 0 Å². The molecule has 0 spiro atoms. The van der Waals surface area contributed by atoms with Crippen molar-refractivity contribution >= 4 is 21.7 Å². The fraction of sp³-hybridized carbons (Fsp3) is 0.417. The predicted octanol–water partition coefficient (Wildman–Crippen LogP) is 3.98. The summed E-state index contributed by atoms with van der Waals surface area (Å²) in [5.74, 6) is -0.00799. The number of rotatable bonds is 5. The van der Waals surface area contributed by atoms with Gasteiger partial charge in [-0.15, -0.1) is 0 Å². The number of alkyl halides is 4. The number of hydrogen-bond donors (Lipinski definition) is 0. The lowest BCUT2D eigenvalue weighted by atomic mass is 10.1.